The summed E-state index contributed by atoms with van der Waals surface area (Å²) in [5, 5.41) is 0. The number of piperidine rings is 1. The Kier molecular flexibility index (Phi) is 3.49. The number of carbonyl (C=O) groups excluding carboxylic acids is 1. The second-order valence-electron chi connectivity index (χ2n) is 7.14. The first kappa shape index (κ1) is 13.4. The van der Waals surface area contributed by atoms with Crippen molar-refractivity contribution in [3.63, 3.8) is 0 Å². The minimum Gasteiger partial charge on any atom is -0.357 e. The molecule has 1 aliphatic carbocycles. The van der Waals surface area contributed by atoms with E-state index in [0.717, 1.165) is 24.7 Å². The highest BCUT2D eigenvalue weighted by atomic mass is 16.2. The minimum absolute atomic E-state index is 0.183. The third-order valence-corrected chi connectivity index (χ3v) is 5.66. The standard InChI is InChI=1S/C17H25N3O/c21-17(16-5-2-8-18-16)20-11-14-6-7-15(12-20)19(10-14)9-13-3-1-4-13/h2,5,8,13-15,18H,1,3-4,6-7,9-12H2/t14-,15-/m1/s1. The summed E-state index contributed by atoms with van der Waals surface area (Å²) in [6, 6.07) is 4.38. The zero-order chi connectivity index (χ0) is 14.2. The van der Waals surface area contributed by atoms with Gasteiger partial charge in [-0.1, -0.05) is 6.42 Å². The molecule has 1 saturated carbocycles. The normalized spacial score (nSPS) is 30.2. The summed E-state index contributed by atoms with van der Waals surface area (Å²) < 4.78 is 0. The highest BCUT2D eigenvalue weighted by Crippen LogP contribution is 2.33. The van der Waals surface area contributed by atoms with Crippen molar-refractivity contribution in [2.45, 2.75) is 38.1 Å². The lowest BCUT2D eigenvalue weighted by molar-refractivity contribution is 0.0712. The smallest absolute Gasteiger partial charge is 0.270 e. The van der Waals surface area contributed by atoms with Gasteiger partial charge in [-0.3, -0.25) is 9.69 Å². The quantitative estimate of drug-likeness (QED) is 0.927. The van der Waals surface area contributed by atoms with Gasteiger partial charge in [-0.25, -0.2) is 0 Å². The first-order chi connectivity index (χ1) is 10.3. The molecule has 0 unspecified atom stereocenters. The van der Waals surface area contributed by atoms with Crippen LogP contribution in [-0.2, 0) is 0 Å². The van der Waals surface area contributed by atoms with Gasteiger partial charge in [-0.05, 0) is 49.7 Å². The summed E-state index contributed by atoms with van der Waals surface area (Å²) in [6.07, 6.45) is 8.65. The van der Waals surface area contributed by atoms with Gasteiger partial charge in [0.25, 0.3) is 5.91 Å². The van der Waals surface area contributed by atoms with E-state index < -0.39 is 0 Å². The highest BCUT2D eigenvalue weighted by Gasteiger charge is 2.37. The van der Waals surface area contributed by atoms with Gasteiger partial charge >= 0.3 is 0 Å². The third kappa shape index (κ3) is 2.61. The van der Waals surface area contributed by atoms with Crippen LogP contribution in [0.15, 0.2) is 18.3 Å². The van der Waals surface area contributed by atoms with Crippen LogP contribution in [0.1, 0.15) is 42.6 Å². The molecular formula is C17H25N3O. The van der Waals surface area contributed by atoms with Crippen molar-refractivity contribution < 1.29 is 4.79 Å². The Hall–Kier alpha value is -1.29. The van der Waals surface area contributed by atoms with Crippen molar-refractivity contribution in [1.82, 2.24) is 14.8 Å². The van der Waals surface area contributed by atoms with Crippen molar-refractivity contribution in [2.75, 3.05) is 26.2 Å². The van der Waals surface area contributed by atoms with Crippen LogP contribution in [0.2, 0.25) is 0 Å². The molecule has 5 rings (SSSR count). The Morgan fingerprint density at radius 2 is 2.10 bits per heavy atom. The van der Waals surface area contributed by atoms with E-state index in [1.54, 1.807) is 0 Å². The summed E-state index contributed by atoms with van der Waals surface area (Å²) in [5.74, 6) is 1.78. The third-order valence-electron chi connectivity index (χ3n) is 5.66. The number of H-pyrrole nitrogens is 1. The zero-order valence-electron chi connectivity index (χ0n) is 12.6. The molecule has 1 N–H and O–H groups in total. The number of aromatic nitrogens is 1. The Morgan fingerprint density at radius 1 is 1.19 bits per heavy atom. The van der Waals surface area contributed by atoms with Gasteiger partial charge in [0.2, 0.25) is 0 Å². The predicted octanol–water partition coefficient (Wildman–Crippen LogP) is 2.35. The van der Waals surface area contributed by atoms with Crippen LogP contribution in [-0.4, -0.2) is 52.9 Å². The Balaban J connectivity index is 1.46. The molecule has 4 nitrogen and oxygen atoms in total. The maximum absolute atomic E-state index is 12.6. The van der Waals surface area contributed by atoms with Crippen molar-refractivity contribution in [1.29, 1.82) is 0 Å². The summed E-state index contributed by atoms with van der Waals surface area (Å²) in [5.41, 5.74) is 0.738. The zero-order valence-corrected chi connectivity index (χ0v) is 12.6. The summed E-state index contributed by atoms with van der Waals surface area (Å²) in [6.45, 7) is 4.33. The number of rotatable bonds is 3. The number of hydrogen-bond donors (Lipinski definition) is 1. The van der Waals surface area contributed by atoms with Crippen molar-refractivity contribution in [3.8, 4) is 0 Å². The molecular weight excluding hydrogens is 262 g/mol. The molecule has 4 heterocycles. The van der Waals surface area contributed by atoms with Gasteiger partial charge in [-0.2, -0.15) is 0 Å². The lowest BCUT2D eigenvalue weighted by atomic mass is 9.83. The number of nitrogens with zero attached hydrogens (tertiary/aromatic N) is 2. The minimum atomic E-state index is 0.183. The van der Waals surface area contributed by atoms with E-state index >= 15 is 0 Å². The van der Waals surface area contributed by atoms with Crippen LogP contribution in [0.25, 0.3) is 0 Å². The average molecular weight is 287 g/mol. The van der Waals surface area contributed by atoms with Crippen molar-refractivity contribution >= 4 is 5.91 Å². The lowest BCUT2D eigenvalue weighted by Gasteiger charge is -2.40. The molecule has 114 valence electrons. The molecule has 3 saturated heterocycles. The fourth-order valence-electron chi connectivity index (χ4n) is 4.21. The second kappa shape index (κ2) is 5.48. The monoisotopic (exact) mass is 287 g/mol. The molecule has 0 radical (unpaired) electrons. The van der Waals surface area contributed by atoms with E-state index in [-0.39, 0.29) is 5.91 Å². The molecule has 1 aromatic heterocycles. The number of aromatic amines is 1. The first-order valence-electron chi connectivity index (χ1n) is 8.46. The van der Waals surface area contributed by atoms with Gasteiger partial charge in [-0.15, -0.1) is 0 Å². The van der Waals surface area contributed by atoms with Gasteiger partial charge in [0.05, 0.1) is 0 Å². The summed E-state index contributed by atoms with van der Waals surface area (Å²) in [7, 11) is 0. The van der Waals surface area contributed by atoms with E-state index in [9.17, 15) is 4.79 Å². The van der Waals surface area contributed by atoms with Crippen LogP contribution in [0.4, 0.5) is 0 Å². The fraction of sp³-hybridized carbons (Fsp3) is 0.706. The van der Waals surface area contributed by atoms with E-state index in [4.69, 9.17) is 0 Å². The predicted molar refractivity (Wildman–Crippen MR) is 82.1 cm³/mol. The first-order valence-corrected chi connectivity index (χ1v) is 8.46. The van der Waals surface area contributed by atoms with Crippen LogP contribution >= 0.6 is 0 Å². The molecule has 2 bridgehead atoms. The molecule has 0 spiro atoms. The van der Waals surface area contributed by atoms with Crippen LogP contribution in [0.5, 0.6) is 0 Å². The van der Waals surface area contributed by atoms with Gasteiger partial charge < -0.3 is 9.88 Å². The van der Waals surface area contributed by atoms with E-state index in [2.05, 4.69) is 14.8 Å². The fourth-order valence-corrected chi connectivity index (χ4v) is 4.21. The van der Waals surface area contributed by atoms with Gasteiger partial charge in [0, 0.05) is 38.4 Å². The van der Waals surface area contributed by atoms with Crippen molar-refractivity contribution in [2.24, 2.45) is 11.8 Å². The highest BCUT2D eigenvalue weighted by molar-refractivity contribution is 5.92. The molecule has 0 aromatic carbocycles. The Labute approximate surface area is 126 Å². The van der Waals surface area contributed by atoms with E-state index in [1.165, 1.54) is 45.2 Å². The van der Waals surface area contributed by atoms with Gasteiger partial charge in [0.1, 0.15) is 5.69 Å². The number of fused-ring (bicyclic) bond motifs is 4. The molecule has 4 aliphatic rings. The van der Waals surface area contributed by atoms with Crippen molar-refractivity contribution in [3.05, 3.63) is 24.0 Å². The molecule has 2 atom stereocenters. The Morgan fingerprint density at radius 3 is 2.81 bits per heavy atom. The average Bonchev–Trinajstić information content (AvgIpc) is 2.83. The molecule has 1 amide bonds. The molecule has 3 aliphatic heterocycles. The molecule has 4 heteroatoms. The number of carbonyl (C=O) groups is 1. The van der Waals surface area contributed by atoms with Crippen LogP contribution in [0, 0.1) is 11.8 Å². The second-order valence-corrected chi connectivity index (χ2v) is 7.14. The number of nitrogens with one attached hydrogen (secondary N) is 1. The molecule has 21 heavy (non-hydrogen) atoms. The largest absolute Gasteiger partial charge is 0.357 e. The maximum atomic E-state index is 12.6. The molecule has 1 aromatic rings. The Bertz CT molecular complexity index is 494. The van der Waals surface area contributed by atoms with Gasteiger partial charge in [0.15, 0.2) is 0 Å². The number of amides is 1. The SMILES string of the molecule is O=C(c1ccc[nH]1)N1C[C@@H]2CC[C@H](C1)N(CC1CCC1)C2. The van der Waals surface area contributed by atoms with Crippen LogP contribution in [0.3, 0.4) is 0 Å². The summed E-state index contributed by atoms with van der Waals surface area (Å²) in [4.78, 5) is 20.5. The van der Waals surface area contributed by atoms with E-state index in [1.807, 2.05) is 18.3 Å². The van der Waals surface area contributed by atoms with E-state index in [0.29, 0.717) is 12.0 Å². The maximum Gasteiger partial charge on any atom is 0.270 e. The molecule has 4 fully saturated rings. The number of hydrogen-bond acceptors (Lipinski definition) is 2. The topological polar surface area (TPSA) is 39.3 Å². The lowest BCUT2D eigenvalue weighted by Crippen LogP contribution is -2.47. The van der Waals surface area contributed by atoms with Crippen LogP contribution < -0.4 is 0 Å². The summed E-state index contributed by atoms with van der Waals surface area (Å²) >= 11 is 0.